The summed E-state index contributed by atoms with van der Waals surface area (Å²) >= 11 is 0. The number of aliphatic carboxylic acids is 1. The van der Waals surface area contributed by atoms with Crippen molar-refractivity contribution in [3.8, 4) is 0 Å². The fourth-order valence-corrected chi connectivity index (χ4v) is 4.63. The number of nitrogens with one attached hydrogen (secondary N) is 1. The third-order valence-electron chi connectivity index (χ3n) is 5.49. The number of carbonyl (C=O) groups is 2. The van der Waals surface area contributed by atoms with E-state index >= 15 is 0 Å². The molecule has 0 radical (unpaired) electrons. The van der Waals surface area contributed by atoms with Crippen LogP contribution in [0.3, 0.4) is 0 Å². The summed E-state index contributed by atoms with van der Waals surface area (Å²) in [5, 5.41) is 12.6. The maximum atomic E-state index is 12.6. The van der Waals surface area contributed by atoms with E-state index < -0.39 is 21.4 Å². The lowest BCUT2D eigenvalue weighted by molar-refractivity contribution is -0.144. The van der Waals surface area contributed by atoms with Crippen LogP contribution in [-0.2, 0) is 25.0 Å². The number of carbonyl (C=O) groups excluding carboxylic acids is 1. The van der Waals surface area contributed by atoms with Gasteiger partial charge < -0.3 is 10.4 Å². The predicted octanol–water partition coefficient (Wildman–Crippen LogP) is 1.60. The van der Waals surface area contributed by atoms with Crippen molar-refractivity contribution in [1.29, 1.82) is 0 Å². The van der Waals surface area contributed by atoms with E-state index in [4.69, 9.17) is 0 Å². The first-order valence-electron chi connectivity index (χ1n) is 9.31. The Labute approximate surface area is 160 Å². The van der Waals surface area contributed by atoms with E-state index in [2.05, 4.69) is 5.32 Å². The number of rotatable bonds is 8. The largest absolute Gasteiger partial charge is 0.481 e. The van der Waals surface area contributed by atoms with Gasteiger partial charge in [-0.05, 0) is 31.7 Å². The van der Waals surface area contributed by atoms with Gasteiger partial charge in [0.05, 0.1) is 5.75 Å². The fourth-order valence-electron chi connectivity index (χ4n) is 3.50. The Kier molecular flexibility index (Phi) is 7.00. The monoisotopic (exact) mass is 396 g/mol. The topological polar surface area (TPSA) is 104 Å². The molecule has 0 saturated carbocycles. The summed E-state index contributed by atoms with van der Waals surface area (Å²) in [6, 6.07) is 8.92. The van der Waals surface area contributed by atoms with Crippen molar-refractivity contribution in [3.63, 3.8) is 0 Å². The molecule has 2 N–H and O–H groups in total. The van der Waals surface area contributed by atoms with Gasteiger partial charge in [-0.2, -0.15) is 0 Å². The van der Waals surface area contributed by atoms with Crippen LogP contribution in [0, 0.1) is 5.92 Å². The maximum absolute atomic E-state index is 12.6. The van der Waals surface area contributed by atoms with Gasteiger partial charge >= 0.3 is 5.97 Å². The summed E-state index contributed by atoms with van der Waals surface area (Å²) in [7, 11) is -3.23. The molecule has 1 aromatic carbocycles. The first-order chi connectivity index (χ1) is 12.8. The molecule has 27 heavy (non-hydrogen) atoms. The van der Waals surface area contributed by atoms with Crippen molar-refractivity contribution in [3.05, 3.63) is 35.9 Å². The number of nitrogens with zero attached hydrogens (tertiary/aromatic N) is 1. The molecule has 0 aliphatic carbocycles. The van der Waals surface area contributed by atoms with E-state index in [0.717, 1.165) is 0 Å². The van der Waals surface area contributed by atoms with Crippen LogP contribution >= 0.6 is 0 Å². The highest BCUT2D eigenvalue weighted by atomic mass is 32.2. The SMILES string of the molecule is CCC(CNC(=O)C1CCN(S(=O)(=O)CC)CC1)(C(=O)O)c1ccccc1. The van der Waals surface area contributed by atoms with Crippen LogP contribution in [-0.4, -0.2) is 55.1 Å². The molecule has 1 atom stereocenters. The van der Waals surface area contributed by atoms with E-state index in [9.17, 15) is 23.1 Å². The third kappa shape index (κ3) is 4.68. The minimum atomic E-state index is -3.23. The molecule has 1 fully saturated rings. The number of carboxylic acid groups (broad SMARTS) is 1. The minimum absolute atomic E-state index is 0.00908. The van der Waals surface area contributed by atoms with Gasteiger partial charge in [0.25, 0.3) is 0 Å². The second-order valence-electron chi connectivity index (χ2n) is 6.90. The first kappa shape index (κ1) is 21.4. The highest BCUT2D eigenvalue weighted by Crippen LogP contribution is 2.28. The molecule has 0 bridgehead atoms. The second-order valence-corrected chi connectivity index (χ2v) is 9.16. The first-order valence-corrected chi connectivity index (χ1v) is 10.9. The molecule has 1 unspecified atom stereocenters. The van der Waals surface area contributed by atoms with Gasteiger partial charge in [0.2, 0.25) is 15.9 Å². The normalized spacial score (nSPS) is 18.6. The van der Waals surface area contributed by atoms with Crippen molar-refractivity contribution in [1.82, 2.24) is 9.62 Å². The smallest absolute Gasteiger partial charge is 0.315 e. The zero-order chi connectivity index (χ0) is 20.1. The average Bonchev–Trinajstić information content (AvgIpc) is 2.69. The van der Waals surface area contributed by atoms with Gasteiger partial charge in [0, 0.05) is 25.6 Å². The number of hydrogen-bond acceptors (Lipinski definition) is 4. The fraction of sp³-hybridized carbons (Fsp3) is 0.579. The Morgan fingerprint density at radius 1 is 1.19 bits per heavy atom. The Morgan fingerprint density at radius 3 is 2.26 bits per heavy atom. The van der Waals surface area contributed by atoms with Crippen LogP contribution < -0.4 is 5.32 Å². The highest BCUT2D eigenvalue weighted by Gasteiger charge is 2.40. The molecule has 0 spiro atoms. The van der Waals surface area contributed by atoms with E-state index in [1.54, 1.807) is 38.1 Å². The van der Waals surface area contributed by atoms with E-state index in [0.29, 0.717) is 37.9 Å². The molecular weight excluding hydrogens is 368 g/mol. The summed E-state index contributed by atoms with van der Waals surface area (Å²) in [6.45, 7) is 4.06. The van der Waals surface area contributed by atoms with Gasteiger partial charge in [-0.15, -0.1) is 0 Å². The van der Waals surface area contributed by atoms with Crippen LogP contribution in [0.4, 0.5) is 0 Å². The summed E-state index contributed by atoms with van der Waals surface area (Å²) in [5.41, 5.74) is -0.521. The summed E-state index contributed by atoms with van der Waals surface area (Å²) < 4.78 is 25.3. The number of benzene rings is 1. The van der Waals surface area contributed by atoms with Crippen LogP contribution in [0.25, 0.3) is 0 Å². The van der Waals surface area contributed by atoms with Gasteiger partial charge in [0.1, 0.15) is 5.41 Å². The number of hydrogen-bond donors (Lipinski definition) is 2. The third-order valence-corrected chi connectivity index (χ3v) is 7.37. The van der Waals surface area contributed by atoms with Crippen LogP contribution in [0.15, 0.2) is 30.3 Å². The number of amides is 1. The van der Waals surface area contributed by atoms with Crippen molar-refractivity contribution in [2.45, 2.75) is 38.5 Å². The molecule has 150 valence electrons. The molecule has 1 amide bonds. The van der Waals surface area contributed by atoms with Gasteiger partial charge in [-0.1, -0.05) is 37.3 Å². The summed E-state index contributed by atoms with van der Waals surface area (Å²) in [6.07, 6.45) is 1.24. The molecule has 1 aliphatic heterocycles. The maximum Gasteiger partial charge on any atom is 0.315 e. The number of carboxylic acids is 1. The van der Waals surface area contributed by atoms with Crippen LogP contribution in [0.5, 0.6) is 0 Å². The van der Waals surface area contributed by atoms with Crippen molar-refractivity contribution < 1.29 is 23.1 Å². The van der Waals surface area contributed by atoms with Gasteiger partial charge in [0.15, 0.2) is 0 Å². The molecule has 1 saturated heterocycles. The van der Waals surface area contributed by atoms with Gasteiger partial charge in [-0.25, -0.2) is 12.7 Å². The minimum Gasteiger partial charge on any atom is -0.481 e. The number of sulfonamides is 1. The molecule has 2 rings (SSSR count). The van der Waals surface area contributed by atoms with E-state index in [1.165, 1.54) is 4.31 Å². The molecule has 8 heteroatoms. The number of piperidine rings is 1. The summed E-state index contributed by atoms with van der Waals surface area (Å²) in [5.74, 6) is -1.43. The zero-order valence-electron chi connectivity index (χ0n) is 15.8. The Hall–Kier alpha value is -1.93. The van der Waals surface area contributed by atoms with Crippen molar-refractivity contribution in [2.75, 3.05) is 25.4 Å². The lowest BCUT2D eigenvalue weighted by Crippen LogP contribution is -2.49. The standard InChI is InChI=1S/C19H28N2O5S/c1-3-19(18(23)24,16-8-6-5-7-9-16)14-20-17(22)15-10-12-21(13-11-15)27(25,26)4-2/h5-9,15H,3-4,10-14H2,1-2H3,(H,20,22)(H,23,24). The van der Waals surface area contributed by atoms with Crippen molar-refractivity contribution >= 4 is 21.9 Å². The second kappa shape index (κ2) is 8.84. The van der Waals surface area contributed by atoms with Crippen LogP contribution in [0.1, 0.15) is 38.7 Å². The lowest BCUT2D eigenvalue weighted by Gasteiger charge is -2.32. The molecule has 1 aliphatic rings. The van der Waals surface area contributed by atoms with Crippen LogP contribution in [0.2, 0.25) is 0 Å². The molecule has 1 heterocycles. The molecule has 0 aromatic heterocycles. The van der Waals surface area contributed by atoms with E-state index in [1.807, 2.05) is 6.07 Å². The lowest BCUT2D eigenvalue weighted by atomic mass is 9.78. The van der Waals surface area contributed by atoms with Crippen molar-refractivity contribution in [2.24, 2.45) is 5.92 Å². The molecule has 7 nitrogen and oxygen atoms in total. The predicted molar refractivity (Wildman–Crippen MR) is 103 cm³/mol. The molecular formula is C19H28N2O5S. The highest BCUT2D eigenvalue weighted by molar-refractivity contribution is 7.89. The summed E-state index contributed by atoms with van der Waals surface area (Å²) in [4.78, 5) is 24.6. The quantitative estimate of drug-likeness (QED) is 0.695. The Balaban J connectivity index is 2.02. The zero-order valence-corrected chi connectivity index (χ0v) is 16.7. The van der Waals surface area contributed by atoms with E-state index in [-0.39, 0.29) is 24.1 Å². The molecule has 1 aromatic rings. The average molecular weight is 397 g/mol. The Bertz CT molecular complexity index is 758. The van der Waals surface area contributed by atoms with Gasteiger partial charge in [-0.3, -0.25) is 9.59 Å². The Morgan fingerprint density at radius 2 is 1.78 bits per heavy atom.